The normalized spacial score (nSPS) is 11.2. The van der Waals surface area contributed by atoms with E-state index in [-0.39, 0.29) is 11.6 Å². The molecule has 9 heteroatoms. The molecule has 186 valence electrons. The monoisotopic (exact) mass is 506 g/mol. The zero-order valence-corrected chi connectivity index (χ0v) is 21.5. The van der Waals surface area contributed by atoms with E-state index >= 15 is 0 Å². The highest BCUT2D eigenvalue weighted by Gasteiger charge is 2.24. The van der Waals surface area contributed by atoms with Gasteiger partial charge in [-0.25, -0.2) is 4.98 Å². The maximum Gasteiger partial charge on any atom is 0.269 e. The Balaban J connectivity index is 1.96. The molecule has 36 heavy (non-hydrogen) atoms. The zero-order valence-electron chi connectivity index (χ0n) is 20.8. The van der Waals surface area contributed by atoms with Gasteiger partial charge in [0.25, 0.3) is 11.6 Å². The van der Waals surface area contributed by atoms with Crippen LogP contribution in [0.5, 0.6) is 5.75 Å². The van der Waals surface area contributed by atoms with Crippen molar-refractivity contribution in [2.75, 3.05) is 13.7 Å². The summed E-state index contributed by atoms with van der Waals surface area (Å²) in [5.41, 5.74) is 5.28. The van der Waals surface area contributed by atoms with Gasteiger partial charge in [-0.1, -0.05) is 31.5 Å². The maximum absolute atomic E-state index is 12.8. The van der Waals surface area contributed by atoms with Crippen LogP contribution in [-0.2, 0) is 7.05 Å². The average molecular weight is 507 g/mol. The number of rotatable bonds is 7. The zero-order chi connectivity index (χ0) is 26.1. The van der Waals surface area contributed by atoms with Crippen molar-refractivity contribution in [1.29, 1.82) is 0 Å². The van der Waals surface area contributed by atoms with E-state index < -0.39 is 4.92 Å². The van der Waals surface area contributed by atoms with E-state index in [1.165, 1.54) is 13.2 Å². The number of non-ortho nitro benzene ring substituents is 1. The van der Waals surface area contributed by atoms with Crippen LogP contribution in [0.15, 0.2) is 48.7 Å². The standard InChI is InChI=1S/C27H27ClN4O4/c1-15(2)14-30-27(33)20-8-6-17(13-22(20)36-5)23-24-21(10-11-29-26(24)28)31(4)25(23)19-9-7-18(32(34)35)12-16(19)3/h6-13,15H,14H2,1-5H3,(H,30,33). The van der Waals surface area contributed by atoms with Gasteiger partial charge in [-0.15, -0.1) is 0 Å². The summed E-state index contributed by atoms with van der Waals surface area (Å²) in [4.78, 5) is 28.0. The van der Waals surface area contributed by atoms with Crippen LogP contribution in [0.2, 0.25) is 5.15 Å². The molecule has 2 aromatic heterocycles. The van der Waals surface area contributed by atoms with E-state index in [4.69, 9.17) is 16.3 Å². The first-order valence-electron chi connectivity index (χ1n) is 11.5. The van der Waals surface area contributed by atoms with Crippen LogP contribution in [0.1, 0.15) is 29.8 Å². The van der Waals surface area contributed by atoms with Crippen molar-refractivity contribution in [3.05, 3.63) is 75.1 Å². The Kier molecular flexibility index (Phi) is 6.99. The largest absolute Gasteiger partial charge is 0.496 e. The molecule has 0 radical (unpaired) electrons. The molecular formula is C27H27ClN4O4. The molecule has 4 rings (SSSR count). The first-order valence-corrected chi connectivity index (χ1v) is 11.9. The number of carbonyl (C=O) groups is 1. The molecule has 2 heterocycles. The molecule has 0 bridgehead atoms. The Bertz CT molecular complexity index is 1490. The molecule has 0 aliphatic rings. The van der Waals surface area contributed by atoms with Crippen LogP contribution in [0.25, 0.3) is 33.3 Å². The minimum Gasteiger partial charge on any atom is -0.496 e. The number of hydrogen-bond donors (Lipinski definition) is 1. The number of methoxy groups -OCH3 is 1. The Morgan fingerprint density at radius 3 is 2.61 bits per heavy atom. The molecule has 4 aromatic rings. The number of benzene rings is 2. The highest BCUT2D eigenvalue weighted by Crippen LogP contribution is 2.44. The topological polar surface area (TPSA) is 99.3 Å². The number of amides is 1. The third-order valence-corrected chi connectivity index (χ3v) is 6.43. The van der Waals surface area contributed by atoms with Crippen molar-refractivity contribution >= 4 is 34.1 Å². The Morgan fingerprint density at radius 2 is 1.97 bits per heavy atom. The number of nitro groups is 1. The summed E-state index contributed by atoms with van der Waals surface area (Å²) >= 11 is 6.61. The summed E-state index contributed by atoms with van der Waals surface area (Å²) in [6.45, 7) is 6.45. The van der Waals surface area contributed by atoms with Crippen LogP contribution in [0.4, 0.5) is 5.69 Å². The lowest BCUT2D eigenvalue weighted by Gasteiger charge is -2.15. The summed E-state index contributed by atoms with van der Waals surface area (Å²) in [5, 5.41) is 15.3. The predicted octanol–water partition coefficient (Wildman–Crippen LogP) is 6.17. The number of fused-ring (bicyclic) bond motifs is 1. The number of pyridine rings is 1. The molecule has 1 amide bonds. The molecule has 0 unspecified atom stereocenters. The van der Waals surface area contributed by atoms with Gasteiger partial charge in [0.1, 0.15) is 10.9 Å². The number of carbonyl (C=O) groups excluding carboxylic acids is 1. The van der Waals surface area contributed by atoms with Crippen LogP contribution in [0, 0.1) is 23.0 Å². The van der Waals surface area contributed by atoms with Crippen molar-refractivity contribution < 1.29 is 14.5 Å². The third kappa shape index (κ3) is 4.52. The molecule has 2 aromatic carbocycles. The lowest BCUT2D eigenvalue weighted by molar-refractivity contribution is -0.384. The molecule has 0 saturated carbocycles. The van der Waals surface area contributed by atoms with Crippen LogP contribution < -0.4 is 10.1 Å². The van der Waals surface area contributed by atoms with Crippen LogP contribution >= 0.6 is 11.6 Å². The lowest BCUT2D eigenvalue weighted by Crippen LogP contribution is -2.27. The molecule has 0 atom stereocenters. The molecular weight excluding hydrogens is 480 g/mol. The first kappa shape index (κ1) is 25.2. The van der Waals surface area contributed by atoms with E-state index in [0.717, 1.165) is 38.9 Å². The molecule has 0 saturated heterocycles. The van der Waals surface area contributed by atoms with E-state index in [1.54, 1.807) is 24.4 Å². The number of nitro benzene ring substituents is 1. The van der Waals surface area contributed by atoms with Gasteiger partial charge in [0.15, 0.2) is 0 Å². The van der Waals surface area contributed by atoms with E-state index in [0.29, 0.717) is 28.9 Å². The molecule has 1 N–H and O–H groups in total. The molecule has 0 fully saturated rings. The predicted molar refractivity (Wildman–Crippen MR) is 142 cm³/mol. The number of nitrogens with one attached hydrogen (secondary N) is 1. The Hall–Kier alpha value is -3.91. The minimum absolute atomic E-state index is 0.0229. The second-order valence-electron chi connectivity index (χ2n) is 9.05. The maximum atomic E-state index is 12.8. The van der Waals surface area contributed by atoms with Gasteiger partial charge in [-0.05, 0) is 48.2 Å². The van der Waals surface area contributed by atoms with Gasteiger partial charge >= 0.3 is 0 Å². The van der Waals surface area contributed by atoms with Gasteiger partial charge < -0.3 is 14.6 Å². The smallest absolute Gasteiger partial charge is 0.269 e. The highest BCUT2D eigenvalue weighted by molar-refractivity contribution is 6.36. The Labute approximate surface area is 214 Å². The number of aryl methyl sites for hydroxylation is 2. The lowest BCUT2D eigenvalue weighted by atomic mass is 9.95. The number of hydrogen-bond acceptors (Lipinski definition) is 5. The van der Waals surface area contributed by atoms with Gasteiger partial charge in [-0.3, -0.25) is 14.9 Å². The average Bonchev–Trinajstić information content (AvgIpc) is 3.15. The molecule has 8 nitrogen and oxygen atoms in total. The van der Waals surface area contributed by atoms with Gasteiger partial charge in [0.05, 0.1) is 28.8 Å². The second kappa shape index (κ2) is 9.99. The molecule has 0 spiro atoms. The van der Waals surface area contributed by atoms with Crippen molar-refractivity contribution in [3.8, 4) is 28.1 Å². The van der Waals surface area contributed by atoms with Crippen LogP contribution in [-0.4, -0.2) is 34.0 Å². The first-order chi connectivity index (χ1) is 17.1. The summed E-state index contributed by atoms with van der Waals surface area (Å²) in [7, 11) is 3.45. The number of ether oxygens (including phenoxy) is 1. The van der Waals surface area contributed by atoms with Crippen molar-refractivity contribution in [2.45, 2.75) is 20.8 Å². The number of aromatic nitrogens is 2. The fraction of sp³-hybridized carbons (Fsp3) is 0.259. The Morgan fingerprint density at radius 1 is 1.22 bits per heavy atom. The SMILES string of the molecule is COc1cc(-c2c(-c3ccc([N+](=O)[O-])cc3C)n(C)c3ccnc(Cl)c23)ccc1C(=O)NCC(C)C. The van der Waals surface area contributed by atoms with Crippen LogP contribution in [0.3, 0.4) is 0 Å². The summed E-state index contributed by atoms with van der Waals surface area (Å²) in [6, 6.07) is 12.1. The van der Waals surface area contributed by atoms with E-state index in [2.05, 4.69) is 10.3 Å². The fourth-order valence-corrected chi connectivity index (χ4v) is 4.64. The summed E-state index contributed by atoms with van der Waals surface area (Å²) in [5.74, 6) is 0.533. The van der Waals surface area contributed by atoms with E-state index in [1.807, 2.05) is 50.6 Å². The second-order valence-corrected chi connectivity index (χ2v) is 9.41. The van der Waals surface area contributed by atoms with Crippen molar-refractivity contribution in [1.82, 2.24) is 14.9 Å². The summed E-state index contributed by atoms with van der Waals surface area (Å²) in [6.07, 6.45) is 1.64. The van der Waals surface area contributed by atoms with E-state index in [9.17, 15) is 14.9 Å². The quantitative estimate of drug-likeness (QED) is 0.183. The van der Waals surface area contributed by atoms with Crippen molar-refractivity contribution in [2.24, 2.45) is 13.0 Å². The number of halogens is 1. The van der Waals surface area contributed by atoms with Gasteiger partial charge in [0.2, 0.25) is 0 Å². The van der Waals surface area contributed by atoms with Crippen molar-refractivity contribution in [3.63, 3.8) is 0 Å². The summed E-state index contributed by atoms with van der Waals surface area (Å²) < 4.78 is 7.61. The minimum atomic E-state index is -0.409. The van der Waals surface area contributed by atoms with Gasteiger partial charge in [-0.2, -0.15) is 0 Å². The third-order valence-electron chi connectivity index (χ3n) is 6.15. The fourth-order valence-electron chi connectivity index (χ4n) is 4.39. The molecule has 0 aliphatic carbocycles. The van der Waals surface area contributed by atoms with Gasteiger partial charge in [0, 0.05) is 48.4 Å². The molecule has 0 aliphatic heterocycles. The highest BCUT2D eigenvalue weighted by atomic mass is 35.5. The number of nitrogens with zero attached hydrogens (tertiary/aromatic N) is 3.